The van der Waals surface area contributed by atoms with Crippen LogP contribution in [0.25, 0.3) is 0 Å². The molecular weight excluding hydrogens is 429 g/mol. The first-order chi connectivity index (χ1) is 15.9. The van der Waals surface area contributed by atoms with Gasteiger partial charge in [-0.15, -0.1) is 0 Å². The van der Waals surface area contributed by atoms with Gasteiger partial charge in [0.15, 0.2) is 0 Å². The number of nitrogens with zero attached hydrogens (tertiary/aromatic N) is 2. The van der Waals surface area contributed by atoms with Gasteiger partial charge in [0, 0.05) is 44.0 Å². The molecule has 0 saturated carbocycles. The summed E-state index contributed by atoms with van der Waals surface area (Å²) in [4.78, 5) is 54.8. The van der Waals surface area contributed by atoms with Crippen molar-refractivity contribution in [3.63, 3.8) is 0 Å². The highest BCUT2D eigenvalue weighted by atomic mass is 19.1. The number of nitrogens with one attached hydrogen (secondary N) is 2. The molecule has 0 radical (unpaired) electrons. The minimum Gasteiger partial charge on any atom is -0.354 e. The quantitative estimate of drug-likeness (QED) is 0.526. The van der Waals surface area contributed by atoms with Crippen molar-refractivity contribution in [1.82, 2.24) is 20.4 Å². The first-order valence-electron chi connectivity index (χ1n) is 11.7. The summed E-state index contributed by atoms with van der Waals surface area (Å²) in [6.07, 6.45) is 2.79. The molecule has 2 atom stereocenters. The molecule has 0 spiro atoms. The second kappa shape index (κ2) is 10.3. The molecule has 1 aromatic rings. The maximum atomic E-state index is 13.6. The molecule has 3 aliphatic heterocycles. The lowest BCUT2D eigenvalue weighted by molar-refractivity contribution is -0.664. The molecule has 4 N–H and O–H groups in total. The first-order valence-corrected chi connectivity index (χ1v) is 11.7. The Kier molecular flexibility index (Phi) is 7.22. The minimum atomic E-state index is -0.899. The fourth-order valence-electron chi connectivity index (χ4n) is 4.85. The third-order valence-electron chi connectivity index (χ3n) is 6.71. The largest absolute Gasteiger partial charge is 0.354 e. The van der Waals surface area contributed by atoms with E-state index in [4.69, 9.17) is 0 Å². The van der Waals surface area contributed by atoms with Crippen molar-refractivity contribution in [1.29, 1.82) is 0 Å². The van der Waals surface area contributed by atoms with Gasteiger partial charge in [0.2, 0.25) is 17.7 Å². The average Bonchev–Trinajstić information content (AvgIpc) is 2.84. The Balaban J connectivity index is 1.52. The third-order valence-corrected chi connectivity index (χ3v) is 6.71. The van der Waals surface area contributed by atoms with Gasteiger partial charge < -0.3 is 25.8 Å². The predicted octanol–water partition coefficient (Wildman–Crippen LogP) is -1.15. The Hall–Kier alpha value is -3.01. The van der Waals surface area contributed by atoms with E-state index in [-0.39, 0.29) is 48.8 Å². The Morgan fingerprint density at radius 3 is 2.64 bits per heavy atom. The smallest absolute Gasteiger partial charge is 0.254 e. The number of benzene rings is 1. The maximum absolute atomic E-state index is 13.6. The second-order valence-electron chi connectivity index (χ2n) is 8.94. The topological polar surface area (TPSA) is 115 Å². The van der Waals surface area contributed by atoms with Crippen molar-refractivity contribution >= 4 is 23.6 Å². The van der Waals surface area contributed by atoms with Crippen LogP contribution in [-0.4, -0.2) is 84.8 Å². The van der Waals surface area contributed by atoms with E-state index >= 15 is 0 Å². The van der Waals surface area contributed by atoms with Crippen molar-refractivity contribution in [3.05, 3.63) is 35.6 Å². The zero-order valence-electron chi connectivity index (χ0n) is 18.6. The van der Waals surface area contributed by atoms with Gasteiger partial charge in [0.25, 0.3) is 5.91 Å². The molecule has 3 aliphatic rings. The highest BCUT2D eigenvalue weighted by Crippen LogP contribution is 2.21. The molecule has 4 rings (SSSR count). The number of piperazine rings is 1. The SMILES string of the molecule is O=C1NCCC[C@@H]1NC(=O)[C@@H]1CN(C(=O)c2cccc(F)c2)CCN1C(=O)C1CC[NH2+]CC1. The summed E-state index contributed by atoms with van der Waals surface area (Å²) in [5.41, 5.74) is 0.198. The van der Waals surface area contributed by atoms with Crippen molar-refractivity contribution in [2.75, 3.05) is 39.3 Å². The van der Waals surface area contributed by atoms with Gasteiger partial charge in [-0.2, -0.15) is 0 Å². The molecule has 9 nitrogen and oxygen atoms in total. The normalized spacial score (nSPS) is 24.2. The zero-order chi connectivity index (χ0) is 23.4. The molecule has 0 aromatic heterocycles. The van der Waals surface area contributed by atoms with Gasteiger partial charge in [0.05, 0.1) is 19.6 Å². The molecule has 0 unspecified atom stereocenters. The van der Waals surface area contributed by atoms with Crippen LogP contribution in [0.3, 0.4) is 0 Å². The summed E-state index contributed by atoms with van der Waals surface area (Å²) in [7, 11) is 0. The fourth-order valence-corrected chi connectivity index (χ4v) is 4.85. The van der Waals surface area contributed by atoms with Gasteiger partial charge in [-0.1, -0.05) is 6.07 Å². The van der Waals surface area contributed by atoms with Gasteiger partial charge in [0.1, 0.15) is 17.9 Å². The lowest BCUT2D eigenvalue weighted by Gasteiger charge is -2.42. The Labute approximate surface area is 192 Å². The highest BCUT2D eigenvalue weighted by Gasteiger charge is 2.41. The summed E-state index contributed by atoms with van der Waals surface area (Å²) < 4.78 is 13.6. The van der Waals surface area contributed by atoms with E-state index in [1.807, 2.05) is 0 Å². The Morgan fingerprint density at radius 2 is 1.91 bits per heavy atom. The van der Waals surface area contributed by atoms with E-state index in [1.165, 1.54) is 29.2 Å². The first kappa shape index (κ1) is 23.2. The molecule has 178 valence electrons. The number of quaternary nitrogens is 1. The number of piperidine rings is 2. The van der Waals surface area contributed by atoms with Crippen LogP contribution in [-0.2, 0) is 14.4 Å². The van der Waals surface area contributed by atoms with E-state index in [9.17, 15) is 23.6 Å². The van der Waals surface area contributed by atoms with Gasteiger partial charge in [-0.25, -0.2) is 4.39 Å². The number of halogens is 1. The van der Waals surface area contributed by atoms with Crippen LogP contribution in [0.2, 0.25) is 0 Å². The molecule has 10 heteroatoms. The zero-order valence-corrected chi connectivity index (χ0v) is 18.6. The molecule has 0 aliphatic carbocycles. The Morgan fingerprint density at radius 1 is 1.12 bits per heavy atom. The van der Waals surface area contributed by atoms with Crippen LogP contribution in [0, 0.1) is 11.7 Å². The highest BCUT2D eigenvalue weighted by molar-refractivity contribution is 5.96. The van der Waals surface area contributed by atoms with Crippen molar-refractivity contribution in [2.45, 2.75) is 37.8 Å². The van der Waals surface area contributed by atoms with Crippen molar-refractivity contribution in [3.8, 4) is 0 Å². The number of hydrogen-bond donors (Lipinski definition) is 3. The lowest BCUT2D eigenvalue weighted by atomic mass is 9.95. The predicted molar refractivity (Wildman–Crippen MR) is 116 cm³/mol. The van der Waals surface area contributed by atoms with E-state index in [0.29, 0.717) is 13.0 Å². The van der Waals surface area contributed by atoms with Crippen molar-refractivity contribution in [2.24, 2.45) is 5.92 Å². The van der Waals surface area contributed by atoms with E-state index in [1.54, 1.807) is 4.90 Å². The fraction of sp³-hybridized carbons (Fsp3) is 0.565. The molecular formula is C23H31FN5O4+. The summed E-state index contributed by atoms with van der Waals surface area (Å²) >= 11 is 0. The number of amides is 4. The summed E-state index contributed by atoms with van der Waals surface area (Å²) in [6, 6.07) is 3.88. The third kappa shape index (κ3) is 5.32. The van der Waals surface area contributed by atoms with Crippen LogP contribution in [0.5, 0.6) is 0 Å². The molecule has 3 heterocycles. The molecule has 0 bridgehead atoms. The Bertz CT molecular complexity index is 920. The number of rotatable bonds is 4. The maximum Gasteiger partial charge on any atom is 0.254 e. The average molecular weight is 461 g/mol. The summed E-state index contributed by atoms with van der Waals surface area (Å²) in [6.45, 7) is 2.79. The lowest BCUT2D eigenvalue weighted by Crippen LogP contribution is -2.86. The van der Waals surface area contributed by atoms with Crippen LogP contribution in [0.15, 0.2) is 24.3 Å². The molecule has 3 saturated heterocycles. The van der Waals surface area contributed by atoms with Crippen molar-refractivity contribution < 1.29 is 28.9 Å². The molecule has 3 fully saturated rings. The molecule has 1 aromatic carbocycles. The number of carbonyl (C=O) groups is 4. The van der Waals surface area contributed by atoms with E-state index < -0.39 is 23.8 Å². The summed E-state index contributed by atoms with van der Waals surface area (Å²) in [5.74, 6) is -1.80. The van der Waals surface area contributed by atoms with Crippen LogP contribution < -0.4 is 16.0 Å². The summed E-state index contributed by atoms with van der Waals surface area (Å²) in [5, 5.41) is 7.70. The molecule has 33 heavy (non-hydrogen) atoms. The van der Waals surface area contributed by atoms with E-state index in [0.717, 1.165) is 32.4 Å². The minimum absolute atomic E-state index is 0.000103. The second-order valence-corrected chi connectivity index (χ2v) is 8.94. The van der Waals surface area contributed by atoms with Gasteiger partial charge >= 0.3 is 0 Å². The van der Waals surface area contributed by atoms with Gasteiger partial charge in [-0.3, -0.25) is 19.2 Å². The number of hydrogen-bond acceptors (Lipinski definition) is 4. The van der Waals surface area contributed by atoms with Gasteiger partial charge in [-0.05, 0) is 31.0 Å². The number of carbonyl (C=O) groups excluding carboxylic acids is 4. The molecule has 4 amide bonds. The van der Waals surface area contributed by atoms with Crippen LogP contribution in [0.1, 0.15) is 36.0 Å². The van der Waals surface area contributed by atoms with Crippen LogP contribution in [0.4, 0.5) is 4.39 Å². The van der Waals surface area contributed by atoms with E-state index in [2.05, 4.69) is 16.0 Å². The number of nitrogens with two attached hydrogens (primary N) is 1. The standard InChI is InChI=1S/C23H30FN5O4/c24-17-4-1-3-16(13-17)22(32)28-11-12-29(23(33)15-6-9-25-10-7-15)19(14-28)21(31)27-18-5-2-8-26-20(18)30/h1,3-4,13,15,18-19,25H,2,5-12,14H2,(H,26,30)(H,27,31)/p+1/t18-,19-/m0/s1. The monoisotopic (exact) mass is 460 g/mol. The van der Waals surface area contributed by atoms with Crippen LogP contribution >= 0.6 is 0 Å².